The van der Waals surface area contributed by atoms with Crippen LogP contribution in [-0.2, 0) is 6.42 Å². The molecule has 1 N–H and O–H groups in total. The Morgan fingerprint density at radius 2 is 2.19 bits per heavy atom. The van der Waals surface area contributed by atoms with Crippen molar-refractivity contribution >= 4 is 11.0 Å². The van der Waals surface area contributed by atoms with Crippen LogP contribution >= 0.6 is 0 Å². The van der Waals surface area contributed by atoms with Crippen molar-refractivity contribution in [3.8, 4) is 11.1 Å². The number of aromatic nitrogens is 3. The van der Waals surface area contributed by atoms with E-state index in [9.17, 15) is 0 Å². The predicted octanol–water partition coefficient (Wildman–Crippen LogP) is 2.53. The molecule has 0 atom stereocenters. The zero-order valence-electron chi connectivity index (χ0n) is 8.57. The van der Waals surface area contributed by atoms with Crippen LogP contribution in [0.15, 0.2) is 36.8 Å². The molecule has 0 amide bonds. The van der Waals surface area contributed by atoms with Crippen molar-refractivity contribution < 1.29 is 0 Å². The molecule has 0 aromatic carbocycles. The number of nitrogens with one attached hydrogen (secondary N) is 1. The molecule has 0 fully saturated rings. The van der Waals surface area contributed by atoms with E-state index in [2.05, 4.69) is 27.1 Å². The Morgan fingerprint density at radius 1 is 1.19 bits per heavy atom. The van der Waals surface area contributed by atoms with Gasteiger partial charge in [0.2, 0.25) is 0 Å². The Bertz CT molecular complexity index is 697. The summed E-state index contributed by atoms with van der Waals surface area (Å²) in [4.78, 5) is 12.1. The predicted molar refractivity (Wildman–Crippen MR) is 62.1 cm³/mol. The van der Waals surface area contributed by atoms with E-state index in [0.717, 1.165) is 17.5 Å². The van der Waals surface area contributed by atoms with Crippen LogP contribution in [0.3, 0.4) is 0 Å². The van der Waals surface area contributed by atoms with Gasteiger partial charge in [-0.2, -0.15) is 0 Å². The number of H-pyrrole nitrogens is 1. The van der Waals surface area contributed by atoms with Crippen molar-refractivity contribution in [1.82, 2.24) is 15.0 Å². The molecule has 3 aromatic heterocycles. The van der Waals surface area contributed by atoms with Crippen LogP contribution < -0.4 is 0 Å². The van der Waals surface area contributed by atoms with Crippen molar-refractivity contribution in [2.75, 3.05) is 0 Å². The van der Waals surface area contributed by atoms with Crippen LogP contribution in [0.1, 0.15) is 11.3 Å². The van der Waals surface area contributed by atoms with Crippen LogP contribution in [0, 0.1) is 0 Å². The summed E-state index contributed by atoms with van der Waals surface area (Å²) in [5.41, 5.74) is 7.23. The van der Waals surface area contributed by atoms with Crippen molar-refractivity contribution in [1.29, 1.82) is 0 Å². The van der Waals surface area contributed by atoms with Crippen LogP contribution in [-0.4, -0.2) is 15.0 Å². The third-order valence-corrected chi connectivity index (χ3v) is 3.18. The highest BCUT2D eigenvalue weighted by molar-refractivity contribution is 5.97. The molecule has 0 radical (unpaired) electrons. The zero-order chi connectivity index (χ0) is 10.5. The van der Waals surface area contributed by atoms with Crippen LogP contribution in [0.2, 0.25) is 0 Å². The number of nitrogens with zero attached hydrogens (tertiary/aromatic N) is 2. The van der Waals surface area contributed by atoms with E-state index in [-0.39, 0.29) is 0 Å². The molecule has 76 valence electrons. The molecule has 0 spiro atoms. The topological polar surface area (TPSA) is 41.6 Å². The second-order valence-electron chi connectivity index (χ2n) is 4.09. The third-order valence-electron chi connectivity index (χ3n) is 3.18. The molecule has 3 nitrogen and oxygen atoms in total. The maximum atomic E-state index is 4.45. The molecule has 0 bridgehead atoms. The summed E-state index contributed by atoms with van der Waals surface area (Å²) in [5.74, 6) is 0. The van der Waals surface area contributed by atoms with E-state index in [1.807, 2.05) is 24.7 Å². The number of hydrogen-bond donors (Lipinski definition) is 1. The van der Waals surface area contributed by atoms with Crippen LogP contribution in [0.5, 0.6) is 0 Å². The fourth-order valence-electron chi connectivity index (χ4n) is 2.49. The first-order chi connectivity index (χ1) is 7.93. The molecule has 0 aliphatic heterocycles. The van der Waals surface area contributed by atoms with Gasteiger partial charge in [0.15, 0.2) is 0 Å². The largest absolute Gasteiger partial charge is 0.356 e. The van der Waals surface area contributed by atoms with Gasteiger partial charge in [0.1, 0.15) is 0 Å². The summed E-state index contributed by atoms with van der Waals surface area (Å²) in [7, 11) is 0. The summed E-state index contributed by atoms with van der Waals surface area (Å²) >= 11 is 0. The molecular weight excluding hydrogens is 198 g/mol. The highest BCUT2D eigenvalue weighted by Gasteiger charge is 2.23. The van der Waals surface area contributed by atoms with Gasteiger partial charge in [-0.1, -0.05) is 0 Å². The van der Waals surface area contributed by atoms with Crippen LogP contribution in [0.4, 0.5) is 0 Å². The van der Waals surface area contributed by atoms with E-state index in [1.165, 1.54) is 22.4 Å². The lowest BCUT2D eigenvalue weighted by Gasteiger charge is -1.98. The molecule has 3 heterocycles. The third kappa shape index (κ3) is 0.877. The highest BCUT2D eigenvalue weighted by atomic mass is 14.8. The maximum Gasteiger partial charge on any atom is 0.0960 e. The molecule has 0 unspecified atom stereocenters. The fourth-order valence-corrected chi connectivity index (χ4v) is 2.49. The standard InChI is InChI=1S/C13H9N3/c1-2-10-13(15-4-1)12-9-7-14-5-3-8(9)6-11(12)16-10/h1-5,7,16H,6H2. The Hall–Kier alpha value is -2.16. The zero-order valence-corrected chi connectivity index (χ0v) is 8.57. The van der Waals surface area contributed by atoms with Crippen molar-refractivity contribution in [3.05, 3.63) is 48.0 Å². The summed E-state index contributed by atoms with van der Waals surface area (Å²) in [6.45, 7) is 0. The average molecular weight is 207 g/mol. The van der Waals surface area contributed by atoms with Gasteiger partial charge < -0.3 is 4.98 Å². The monoisotopic (exact) mass is 207 g/mol. The van der Waals surface area contributed by atoms with Gasteiger partial charge in [-0.25, -0.2) is 0 Å². The summed E-state index contributed by atoms with van der Waals surface area (Å²) in [5, 5.41) is 0. The van der Waals surface area contributed by atoms with E-state index < -0.39 is 0 Å². The van der Waals surface area contributed by atoms with Gasteiger partial charge in [0, 0.05) is 41.8 Å². The van der Waals surface area contributed by atoms with E-state index >= 15 is 0 Å². The number of fused-ring (bicyclic) bond motifs is 5. The molecule has 0 saturated carbocycles. The van der Waals surface area contributed by atoms with Gasteiger partial charge >= 0.3 is 0 Å². The Labute approximate surface area is 92.2 Å². The lowest BCUT2D eigenvalue weighted by Crippen LogP contribution is -1.83. The lowest BCUT2D eigenvalue weighted by atomic mass is 10.1. The number of aromatic amines is 1. The number of rotatable bonds is 0. The molecule has 1 aliphatic rings. The Kier molecular flexibility index (Phi) is 1.36. The quantitative estimate of drug-likeness (QED) is 0.481. The summed E-state index contributed by atoms with van der Waals surface area (Å²) < 4.78 is 0. The smallest absolute Gasteiger partial charge is 0.0960 e. The number of hydrogen-bond acceptors (Lipinski definition) is 2. The fraction of sp³-hybridized carbons (Fsp3) is 0.0769. The molecule has 16 heavy (non-hydrogen) atoms. The first-order valence-corrected chi connectivity index (χ1v) is 5.32. The maximum absolute atomic E-state index is 4.45. The van der Waals surface area contributed by atoms with Gasteiger partial charge in [-0.05, 0) is 23.8 Å². The van der Waals surface area contributed by atoms with Gasteiger partial charge in [0.05, 0.1) is 11.0 Å². The lowest BCUT2D eigenvalue weighted by molar-refractivity contribution is 1.16. The first-order valence-electron chi connectivity index (χ1n) is 5.32. The number of pyridine rings is 2. The van der Waals surface area contributed by atoms with Gasteiger partial charge in [-0.15, -0.1) is 0 Å². The minimum atomic E-state index is 0.962. The van der Waals surface area contributed by atoms with E-state index in [1.54, 1.807) is 0 Å². The van der Waals surface area contributed by atoms with Crippen molar-refractivity contribution in [2.45, 2.75) is 6.42 Å². The van der Waals surface area contributed by atoms with Gasteiger partial charge in [0.25, 0.3) is 0 Å². The molecule has 0 saturated heterocycles. The minimum absolute atomic E-state index is 0.962. The first kappa shape index (κ1) is 8.05. The Balaban J connectivity index is 2.15. The molecule has 3 aromatic rings. The summed E-state index contributed by atoms with van der Waals surface area (Å²) in [6.07, 6.45) is 6.58. The minimum Gasteiger partial charge on any atom is -0.356 e. The normalized spacial score (nSPS) is 12.8. The average Bonchev–Trinajstić information content (AvgIpc) is 2.83. The summed E-state index contributed by atoms with van der Waals surface area (Å²) in [6, 6.07) is 6.10. The molecule has 4 rings (SSSR count). The Morgan fingerprint density at radius 3 is 3.19 bits per heavy atom. The van der Waals surface area contributed by atoms with Crippen LogP contribution in [0.25, 0.3) is 22.2 Å². The molecular formula is C13H9N3. The van der Waals surface area contributed by atoms with E-state index in [4.69, 9.17) is 0 Å². The second-order valence-corrected chi connectivity index (χ2v) is 4.09. The molecule has 1 aliphatic carbocycles. The highest BCUT2D eigenvalue weighted by Crippen LogP contribution is 2.39. The molecule has 3 heteroatoms. The van der Waals surface area contributed by atoms with Crippen molar-refractivity contribution in [3.63, 3.8) is 0 Å². The van der Waals surface area contributed by atoms with Gasteiger partial charge in [-0.3, -0.25) is 9.97 Å². The second kappa shape index (κ2) is 2.70. The SMILES string of the molecule is c1cnc2c3c([nH]c2c1)Cc1ccncc1-3. The van der Waals surface area contributed by atoms with Crippen molar-refractivity contribution in [2.24, 2.45) is 0 Å². The van der Waals surface area contributed by atoms with E-state index in [0.29, 0.717) is 0 Å².